The molecule has 4 aromatic rings. The van der Waals surface area contributed by atoms with Crippen LogP contribution in [0.3, 0.4) is 0 Å². The van der Waals surface area contributed by atoms with Crippen molar-refractivity contribution in [2.75, 3.05) is 24.3 Å². The molecule has 0 spiro atoms. The summed E-state index contributed by atoms with van der Waals surface area (Å²) in [5, 5.41) is 4.14. The standard InChI is InChI=1S/C28H29N3O3S/c1-19-10-5-6-13-23(19)28(32)29-26-16-17-27(25-15-8-7-14-24(25)26)35(33,34)30-20(2)21-11-9-12-22(18-21)31(3)4/h5-18,20,30H,1-4H3,(H,29,32). The summed E-state index contributed by atoms with van der Waals surface area (Å²) in [5.74, 6) is -0.239. The number of hydrogen-bond acceptors (Lipinski definition) is 4. The fraction of sp³-hybridized carbons (Fsp3) is 0.179. The van der Waals surface area contributed by atoms with Gasteiger partial charge in [0, 0.05) is 47.8 Å². The van der Waals surface area contributed by atoms with Gasteiger partial charge in [-0.25, -0.2) is 13.1 Å². The summed E-state index contributed by atoms with van der Waals surface area (Å²) in [5.41, 5.74) is 3.85. The van der Waals surface area contributed by atoms with Crippen molar-refractivity contribution in [2.24, 2.45) is 0 Å². The molecule has 4 aromatic carbocycles. The zero-order valence-corrected chi connectivity index (χ0v) is 21.1. The Kier molecular flexibility index (Phi) is 6.91. The van der Waals surface area contributed by atoms with Gasteiger partial charge in [-0.2, -0.15) is 0 Å². The van der Waals surface area contributed by atoms with E-state index in [4.69, 9.17) is 0 Å². The first-order chi connectivity index (χ1) is 16.7. The summed E-state index contributed by atoms with van der Waals surface area (Å²) in [6, 6.07) is 25.0. The maximum absolute atomic E-state index is 13.4. The highest BCUT2D eigenvalue weighted by molar-refractivity contribution is 7.89. The van der Waals surface area contributed by atoms with Gasteiger partial charge in [0.1, 0.15) is 0 Å². The van der Waals surface area contributed by atoms with Crippen LogP contribution in [-0.2, 0) is 10.0 Å². The summed E-state index contributed by atoms with van der Waals surface area (Å²) >= 11 is 0. The minimum atomic E-state index is -3.85. The van der Waals surface area contributed by atoms with Crippen LogP contribution in [0.15, 0.2) is 89.8 Å². The summed E-state index contributed by atoms with van der Waals surface area (Å²) in [4.78, 5) is 15.0. The molecular weight excluding hydrogens is 458 g/mol. The molecule has 7 heteroatoms. The van der Waals surface area contributed by atoms with Gasteiger partial charge in [0.2, 0.25) is 10.0 Å². The smallest absolute Gasteiger partial charge is 0.255 e. The Balaban J connectivity index is 1.66. The second kappa shape index (κ2) is 9.90. The average Bonchev–Trinajstić information content (AvgIpc) is 2.84. The minimum absolute atomic E-state index is 0.164. The molecule has 0 aromatic heterocycles. The van der Waals surface area contributed by atoms with E-state index in [1.165, 1.54) is 0 Å². The van der Waals surface area contributed by atoms with Gasteiger partial charge in [-0.15, -0.1) is 0 Å². The summed E-state index contributed by atoms with van der Waals surface area (Å²) < 4.78 is 29.7. The first-order valence-corrected chi connectivity index (χ1v) is 12.8. The number of aryl methyl sites for hydroxylation is 1. The van der Waals surface area contributed by atoms with Gasteiger partial charge in [0.25, 0.3) is 5.91 Å². The van der Waals surface area contributed by atoms with Crippen LogP contribution in [0.5, 0.6) is 0 Å². The number of amides is 1. The molecule has 6 nitrogen and oxygen atoms in total. The van der Waals surface area contributed by atoms with Gasteiger partial charge < -0.3 is 10.2 Å². The normalized spacial score (nSPS) is 12.3. The zero-order valence-electron chi connectivity index (χ0n) is 20.2. The van der Waals surface area contributed by atoms with E-state index >= 15 is 0 Å². The van der Waals surface area contributed by atoms with Crippen LogP contribution in [0, 0.1) is 6.92 Å². The number of carbonyl (C=O) groups is 1. The predicted molar refractivity (Wildman–Crippen MR) is 143 cm³/mol. The molecule has 2 N–H and O–H groups in total. The fourth-order valence-electron chi connectivity index (χ4n) is 4.07. The first-order valence-electron chi connectivity index (χ1n) is 11.4. The Labute approximate surface area is 206 Å². The molecule has 4 rings (SSSR count). The third kappa shape index (κ3) is 5.21. The Hall–Kier alpha value is -3.68. The molecule has 0 saturated carbocycles. The molecule has 35 heavy (non-hydrogen) atoms. The Morgan fingerprint density at radius 2 is 1.54 bits per heavy atom. The van der Waals surface area contributed by atoms with Gasteiger partial charge in [0.05, 0.1) is 4.90 Å². The van der Waals surface area contributed by atoms with Crippen molar-refractivity contribution in [3.05, 3.63) is 102 Å². The lowest BCUT2D eigenvalue weighted by Crippen LogP contribution is -2.27. The van der Waals surface area contributed by atoms with Crippen molar-refractivity contribution < 1.29 is 13.2 Å². The van der Waals surface area contributed by atoms with E-state index in [9.17, 15) is 13.2 Å². The molecule has 0 aliphatic heterocycles. The zero-order chi connectivity index (χ0) is 25.2. The monoisotopic (exact) mass is 487 g/mol. The van der Waals surface area contributed by atoms with Gasteiger partial charge in [-0.1, -0.05) is 54.6 Å². The van der Waals surface area contributed by atoms with E-state index in [1.807, 2.05) is 87.4 Å². The van der Waals surface area contributed by atoms with E-state index in [2.05, 4.69) is 10.0 Å². The molecule has 0 radical (unpaired) electrons. The SMILES string of the molecule is Cc1ccccc1C(=O)Nc1ccc(S(=O)(=O)NC(C)c2cccc(N(C)C)c2)c2ccccc12. The maximum atomic E-state index is 13.4. The number of nitrogens with zero attached hydrogens (tertiary/aromatic N) is 1. The third-order valence-corrected chi connectivity index (χ3v) is 7.63. The van der Waals surface area contributed by atoms with Crippen LogP contribution in [-0.4, -0.2) is 28.4 Å². The number of anilines is 2. The lowest BCUT2D eigenvalue weighted by molar-refractivity contribution is 0.102. The summed E-state index contributed by atoms with van der Waals surface area (Å²) in [6.07, 6.45) is 0. The second-order valence-corrected chi connectivity index (χ2v) is 10.4. The number of rotatable bonds is 7. The van der Waals surface area contributed by atoms with Crippen LogP contribution >= 0.6 is 0 Å². The van der Waals surface area contributed by atoms with Crippen molar-refractivity contribution in [3.63, 3.8) is 0 Å². The van der Waals surface area contributed by atoms with Crippen molar-refractivity contribution in [1.29, 1.82) is 0 Å². The van der Waals surface area contributed by atoms with Crippen molar-refractivity contribution in [3.8, 4) is 0 Å². The lowest BCUT2D eigenvalue weighted by atomic mass is 10.1. The molecule has 180 valence electrons. The fourth-order valence-corrected chi connectivity index (χ4v) is 5.51. The van der Waals surface area contributed by atoms with Gasteiger partial charge in [-0.05, 0) is 55.3 Å². The highest BCUT2D eigenvalue weighted by Crippen LogP contribution is 2.31. The summed E-state index contributed by atoms with van der Waals surface area (Å²) in [7, 11) is 0.0402. The van der Waals surface area contributed by atoms with Gasteiger partial charge >= 0.3 is 0 Å². The number of fused-ring (bicyclic) bond motifs is 1. The molecule has 0 bridgehead atoms. The molecule has 0 aliphatic carbocycles. The van der Waals surface area contributed by atoms with E-state index in [0.717, 1.165) is 16.8 Å². The molecular formula is C28H29N3O3S. The van der Waals surface area contributed by atoms with Crippen molar-refractivity contribution in [1.82, 2.24) is 4.72 Å². The van der Waals surface area contributed by atoms with E-state index < -0.39 is 16.1 Å². The predicted octanol–water partition coefficient (Wildman–Crippen LogP) is 5.51. The third-order valence-electron chi connectivity index (χ3n) is 6.03. The maximum Gasteiger partial charge on any atom is 0.255 e. The number of sulfonamides is 1. The first kappa shape index (κ1) is 24.4. The minimum Gasteiger partial charge on any atom is -0.378 e. The van der Waals surface area contributed by atoms with Crippen LogP contribution in [0.2, 0.25) is 0 Å². The lowest BCUT2D eigenvalue weighted by Gasteiger charge is -2.19. The number of carbonyl (C=O) groups excluding carboxylic acids is 1. The largest absolute Gasteiger partial charge is 0.378 e. The number of nitrogens with one attached hydrogen (secondary N) is 2. The van der Waals surface area contributed by atoms with Gasteiger partial charge in [0.15, 0.2) is 0 Å². The van der Waals surface area contributed by atoms with Crippen molar-refractivity contribution in [2.45, 2.75) is 24.8 Å². The highest BCUT2D eigenvalue weighted by atomic mass is 32.2. The highest BCUT2D eigenvalue weighted by Gasteiger charge is 2.22. The number of hydrogen-bond donors (Lipinski definition) is 2. The molecule has 0 heterocycles. The Morgan fingerprint density at radius 1 is 0.857 bits per heavy atom. The topological polar surface area (TPSA) is 78.5 Å². The molecule has 0 aliphatic rings. The Bertz CT molecular complexity index is 1500. The van der Waals surface area contributed by atoms with Crippen LogP contribution in [0.4, 0.5) is 11.4 Å². The second-order valence-electron chi connectivity index (χ2n) is 8.76. The van der Waals surface area contributed by atoms with E-state index in [0.29, 0.717) is 22.0 Å². The molecule has 1 amide bonds. The Morgan fingerprint density at radius 3 is 2.26 bits per heavy atom. The molecule has 1 unspecified atom stereocenters. The summed E-state index contributed by atoms with van der Waals surface area (Å²) in [6.45, 7) is 3.70. The van der Waals surface area contributed by atoms with Crippen molar-refractivity contribution >= 4 is 38.1 Å². The van der Waals surface area contributed by atoms with Crippen LogP contribution < -0.4 is 14.9 Å². The van der Waals surface area contributed by atoms with Crippen LogP contribution in [0.25, 0.3) is 10.8 Å². The molecule has 0 fully saturated rings. The quantitative estimate of drug-likeness (QED) is 0.361. The van der Waals surface area contributed by atoms with E-state index in [-0.39, 0.29) is 10.8 Å². The number of benzene rings is 4. The average molecular weight is 488 g/mol. The molecule has 1 atom stereocenters. The molecule has 0 saturated heterocycles. The van der Waals surface area contributed by atoms with Crippen LogP contribution in [0.1, 0.15) is 34.5 Å². The van der Waals surface area contributed by atoms with Gasteiger partial charge in [-0.3, -0.25) is 4.79 Å². The van der Waals surface area contributed by atoms with E-state index in [1.54, 1.807) is 30.3 Å².